The molecule has 0 aliphatic rings. The number of benzene rings is 2. The summed E-state index contributed by atoms with van der Waals surface area (Å²) in [5, 5.41) is 18.5. The number of hydrogen-bond acceptors (Lipinski definition) is 2. The molecule has 20 heavy (non-hydrogen) atoms. The Morgan fingerprint density at radius 1 is 0.900 bits per heavy atom. The lowest BCUT2D eigenvalue weighted by Gasteiger charge is -2.12. The average Bonchev–Trinajstić information content (AvgIpc) is 2.46. The van der Waals surface area contributed by atoms with E-state index in [1.54, 1.807) is 12.1 Å². The molecule has 0 radical (unpaired) electrons. The predicted octanol–water partition coefficient (Wildman–Crippen LogP) is 3.31. The highest BCUT2D eigenvalue weighted by molar-refractivity contribution is 6.06. The van der Waals surface area contributed by atoms with Crippen LogP contribution in [0.15, 0.2) is 42.5 Å². The molecule has 0 spiro atoms. The monoisotopic (exact) mass is 270 g/mol. The summed E-state index contributed by atoms with van der Waals surface area (Å²) in [6, 6.07) is 11.9. The smallest absolute Gasteiger partial charge is 0.337 e. The van der Waals surface area contributed by atoms with Gasteiger partial charge in [0.05, 0.1) is 11.1 Å². The van der Waals surface area contributed by atoms with Gasteiger partial charge in [-0.2, -0.15) is 0 Å². The molecule has 0 bridgehead atoms. The summed E-state index contributed by atoms with van der Waals surface area (Å²) in [6.07, 6.45) is 0.743. The first-order valence-corrected chi connectivity index (χ1v) is 6.24. The second-order valence-corrected chi connectivity index (χ2v) is 4.35. The molecule has 0 amide bonds. The van der Waals surface area contributed by atoms with Crippen LogP contribution in [0.1, 0.15) is 33.2 Å². The molecule has 0 aromatic heterocycles. The first-order chi connectivity index (χ1) is 9.56. The quantitative estimate of drug-likeness (QED) is 0.893. The van der Waals surface area contributed by atoms with Crippen molar-refractivity contribution in [3.05, 3.63) is 59.2 Å². The van der Waals surface area contributed by atoms with Crippen molar-refractivity contribution in [1.82, 2.24) is 0 Å². The molecule has 102 valence electrons. The number of carboxylic acids is 2. The molecular formula is C16H14O4. The zero-order valence-corrected chi connectivity index (χ0v) is 11.0. The van der Waals surface area contributed by atoms with Crippen molar-refractivity contribution in [2.45, 2.75) is 13.3 Å². The maximum absolute atomic E-state index is 11.5. The molecule has 0 fully saturated rings. The number of aryl methyl sites for hydroxylation is 1. The molecule has 2 N–H and O–H groups in total. The molecule has 0 aliphatic carbocycles. The zero-order valence-electron chi connectivity index (χ0n) is 11.0. The lowest BCUT2D eigenvalue weighted by Crippen LogP contribution is -2.10. The number of carbonyl (C=O) groups is 2. The highest BCUT2D eigenvalue weighted by Gasteiger charge is 2.21. The zero-order chi connectivity index (χ0) is 14.7. The first kappa shape index (κ1) is 13.8. The van der Waals surface area contributed by atoms with E-state index in [2.05, 4.69) is 0 Å². The van der Waals surface area contributed by atoms with Crippen LogP contribution in [-0.4, -0.2) is 22.2 Å². The van der Waals surface area contributed by atoms with Crippen LogP contribution in [0.25, 0.3) is 11.1 Å². The van der Waals surface area contributed by atoms with E-state index in [1.165, 1.54) is 6.07 Å². The Morgan fingerprint density at radius 3 is 2.15 bits per heavy atom. The van der Waals surface area contributed by atoms with E-state index in [1.807, 2.05) is 31.2 Å². The Balaban J connectivity index is 2.77. The summed E-state index contributed by atoms with van der Waals surface area (Å²) < 4.78 is 0. The molecule has 0 unspecified atom stereocenters. The van der Waals surface area contributed by atoms with Crippen molar-refractivity contribution in [1.29, 1.82) is 0 Å². The van der Waals surface area contributed by atoms with Gasteiger partial charge in [-0.1, -0.05) is 43.3 Å². The average molecular weight is 270 g/mol. The SMILES string of the molecule is CCc1ccccc1-c1cccc(C(=O)O)c1C(=O)O. The van der Waals surface area contributed by atoms with Gasteiger partial charge in [0.1, 0.15) is 0 Å². The Morgan fingerprint density at radius 2 is 1.55 bits per heavy atom. The minimum Gasteiger partial charge on any atom is -0.478 e. The predicted molar refractivity (Wildman–Crippen MR) is 75.2 cm³/mol. The van der Waals surface area contributed by atoms with Gasteiger partial charge in [0.2, 0.25) is 0 Å². The van der Waals surface area contributed by atoms with Crippen LogP contribution in [0.4, 0.5) is 0 Å². The van der Waals surface area contributed by atoms with Gasteiger partial charge in [-0.05, 0) is 29.2 Å². The fraction of sp³-hybridized carbons (Fsp3) is 0.125. The Labute approximate surface area is 116 Å². The van der Waals surface area contributed by atoms with Crippen LogP contribution in [0, 0.1) is 0 Å². The summed E-state index contributed by atoms with van der Waals surface area (Å²) in [5.74, 6) is -2.47. The second-order valence-electron chi connectivity index (χ2n) is 4.35. The Hall–Kier alpha value is -2.62. The Bertz CT molecular complexity index is 674. The van der Waals surface area contributed by atoms with Crippen molar-refractivity contribution in [2.75, 3.05) is 0 Å². The van der Waals surface area contributed by atoms with E-state index < -0.39 is 11.9 Å². The molecule has 0 atom stereocenters. The lowest BCUT2D eigenvalue weighted by atomic mass is 9.91. The second kappa shape index (κ2) is 5.57. The molecule has 4 nitrogen and oxygen atoms in total. The van der Waals surface area contributed by atoms with Crippen molar-refractivity contribution < 1.29 is 19.8 Å². The standard InChI is InChI=1S/C16H14O4/c1-2-10-6-3-4-7-11(10)12-8-5-9-13(15(17)18)14(12)16(19)20/h3-9H,2H2,1H3,(H,17,18)(H,19,20). The number of hydrogen-bond donors (Lipinski definition) is 2. The largest absolute Gasteiger partial charge is 0.478 e. The van der Waals surface area contributed by atoms with Crippen molar-refractivity contribution in [3.63, 3.8) is 0 Å². The molecule has 0 heterocycles. The summed E-state index contributed by atoms with van der Waals surface area (Å²) in [4.78, 5) is 22.7. The van der Waals surface area contributed by atoms with Crippen LogP contribution in [0.5, 0.6) is 0 Å². The third-order valence-corrected chi connectivity index (χ3v) is 3.20. The molecule has 2 aromatic carbocycles. The molecule has 0 aliphatic heterocycles. The maximum atomic E-state index is 11.5. The van der Waals surface area contributed by atoms with Gasteiger partial charge in [-0.15, -0.1) is 0 Å². The van der Waals surface area contributed by atoms with E-state index in [9.17, 15) is 14.7 Å². The van der Waals surface area contributed by atoms with Gasteiger partial charge in [-0.25, -0.2) is 9.59 Å². The topological polar surface area (TPSA) is 74.6 Å². The molecule has 2 aromatic rings. The molecule has 0 saturated carbocycles. The molecule has 4 heteroatoms. The summed E-state index contributed by atoms with van der Waals surface area (Å²) >= 11 is 0. The number of carboxylic acid groups (broad SMARTS) is 2. The van der Waals surface area contributed by atoms with E-state index in [4.69, 9.17) is 5.11 Å². The highest BCUT2D eigenvalue weighted by atomic mass is 16.4. The minimum atomic E-state index is -1.24. The first-order valence-electron chi connectivity index (χ1n) is 6.24. The third kappa shape index (κ3) is 2.40. The van der Waals surface area contributed by atoms with Crippen molar-refractivity contribution in [2.24, 2.45) is 0 Å². The lowest BCUT2D eigenvalue weighted by molar-refractivity contribution is 0.0652. The van der Waals surface area contributed by atoms with Crippen molar-refractivity contribution >= 4 is 11.9 Å². The Kier molecular flexibility index (Phi) is 3.84. The summed E-state index contributed by atoms with van der Waals surface area (Å²) in [6.45, 7) is 1.97. The van der Waals surface area contributed by atoms with E-state index >= 15 is 0 Å². The van der Waals surface area contributed by atoms with Crippen LogP contribution in [0.2, 0.25) is 0 Å². The minimum absolute atomic E-state index is 0.166. The third-order valence-electron chi connectivity index (χ3n) is 3.20. The van der Waals surface area contributed by atoms with E-state index in [-0.39, 0.29) is 11.1 Å². The van der Waals surface area contributed by atoms with Gasteiger partial charge in [-0.3, -0.25) is 0 Å². The van der Waals surface area contributed by atoms with Crippen molar-refractivity contribution in [3.8, 4) is 11.1 Å². The number of aromatic carboxylic acids is 2. The van der Waals surface area contributed by atoms with Crippen LogP contribution < -0.4 is 0 Å². The summed E-state index contributed by atoms with van der Waals surface area (Å²) in [7, 11) is 0. The maximum Gasteiger partial charge on any atom is 0.337 e. The van der Waals surface area contributed by atoms with E-state index in [0.717, 1.165) is 17.5 Å². The van der Waals surface area contributed by atoms with Gasteiger partial charge in [0.15, 0.2) is 0 Å². The van der Waals surface area contributed by atoms with Gasteiger partial charge < -0.3 is 10.2 Å². The molecular weight excluding hydrogens is 256 g/mol. The highest BCUT2D eigenvalue weighted by Crippen LogP contribution is 2.29. The summed E-state index contributed by atoms with van der Waals surface area (Å²) in [5.41, 5.74) is 1.82. The number of rotatable bonds is 4. The van der Waals surface area contributed by atoms with E-state index in [0.29, 0.717) is 5.56 Å². The molecule has 2 rings (SSSR count). The van der Waals surface area contributed by atoms with Gasteiger partial charge >= 0.3 is 11.9 Å². The van der Waals surface area contributed by atoms with Gasteiger partial charge in [0.25, 0.3) is 0 Å². The van der Waals surface area contributed by atoms with Gasteiger partial charge in [0, 0.05) is 0 Å². The fourth-order valence-electron chi connectivity index (χ4n) is 2.28. The fourth-order valence-corrected chi connectivity index (χ4v) is 2.28. The van der Waals surface area contributed by atoms with Crippen LogP contribution >= 0.6 is 0 Å². The normalized spacial score (nSPS) is 10.2. The van der Waals surface area contributed by atoms with Crippen LogP contribution in [0.3, 0.4) is 0 Å². The van der Waals surface area contributed by atoms with Crippen LogP contribution in [-0.2, 0) is 6.42 Å². The molecule has 0 saturated heterocycles.